The molecule has 0 bridgehead atoms. The van der Waals surface area contributed by atoms with Gasteiger partial charge >= 0.3 is 0 Å². The summed E-state index contributed by atoms with van der Waals surface area (Å²) in [5.41, 5.74) is 3.55. The van der Waals surface area contributed by atoms with Crippen LogP contribution in [0.1, 0.15) is 88.1 Å². The zero-order valence-corrected chi connectivity index (χ0v) is 25.1. The van der Waals surface area contributed by atoms with Gasteiger partial charge in [0.25, 0.3) is 5.91 Å². The third-order valence-corrected chi connectivity index (χ3v) is 9.50. The van der Waals surface area contributed by atoms with Crippen LogP contribution in [0.15, 0.2) is 41.8 Å². The largest absolute Gasteiger partial charge is 0.353 e. The Balaban J connectivity index is 1.43. The Morgan fingerprint density at radius 3 is 2.45 bits per heavy atom. The number of hydrogen-bond acceptors (Lipinski definition) is 5. The van der Waals surface area contributed by atoms with Gasteiger partial charge < -0.3 is 10.6 Å². The number of likely N-dealkylation sites (tertiary alicyclic amines) is 1. The topological polar surface area (TPSA) is 74.3 Å². The summed E-state index contributed by atoms with van der Waals surface area (Å²) in [4.78, 5) is 35.1. The molecule has 7 heteroatoms. The van der Waals surface area contributed by atoms with Crippen molar-refractivity contribution in [1.82, 2.24) is 20.5 Å². The summed E-state index contributed by atoms with van der Waals surface area (Å²) in [6.07, 6.45) is 8.60. The highest BCUT2D eigenvalue weighted by Gasteiger charge is 2.28. The van der Waals surface area contributed by atoms with Crippen molar-refractivity contribution >= 4 is 34.1 Å². The first-order valence-corrected chi connectivity index (χ1v) is 16.0. The average Bonchev–Trinajstić information content (AvgIpc) is 3.48. The van der Waals surface area contributed by atoms with Crippen LogP contribution in [0.2, 0.25) is 0 Å². The Hall–Kier alpha value is -2.77. The fraction of sp³-hybridized carbons (Fsp3) is 0.545. The molecule has 40 heavy (non-hydrogen) atoms. The van der Waals surface area contributed by atoms with Crippen LogP contribution in [0, 0.1) is 11.8 Å². The van der Waals surface area contributed by atoms with Crippen LogP contribution >= 0.6 is 11.3 Å². The quantitative estimate of drug-likeness (QED) is 0.302. The molecule has 3 heterocycles. The number of fused-ring (bicyclic) bond motifs is 1. The maximum Gasteiger partial charge on any atom is 0.252 e. The average molecular weight is 561 g/mol. The van der Waals surface area contributed by atoms with Gasteiger partial charge in [0.05, 0.1) is 21.7 Å². The normalized spacial score (nSPS) is 18.2. The van der Waals surface area contributed by atoms with Crippen molar-refractivity contribution in [2.45, 2.75) is 90.8 Å². The highest BCUT2D eigenvalue weighted by molar-refractivity contribution is 7.13. The number of rotatable bonds is 9. The summed E-state index contributed by atoms with van der Waals surface area (Å²) in [7, 11) is 0. The molecule has 6 nitrogen and oxygen atoms in total. The lowest BCUT2D eigenvalue weighted by molar-refractivity contribution is -0.122. The van der Waals surface area contributed by atoms with Gasteiger partial charge in [0, 0.05) is 49.1 Å². The Morgan fingerprint density at radius 1 is 1.00 bits per heavy atom. The van der Waals surface area contributed by atoms with E-state index < -0.39 is 0 Å². The number of nitrogens with one attached hydrogen (secondary N) is 2. The lowest BCUT2D eigenvalue weighted by Crippen LogP contribution is -2.45. The summed E-state index contributed by atoms with van der Waals surface area (Å²) in [6, 6.07) is 12.6. The number of amides is 2. The summed E-state index contributed by atoms with van der Waals surface area (Å²) in [5.74, 6) is 1.07. The third-order valence-electron chi connectivity index (χ3n) is 8.62. The minimum absolute atomic E-state index is 0.0142. The molecule has 0 unspecified atom stereocenters. The number of aromatic nitrogens is 1. The van der Waals surface area contributed by atoms with Crippen molar-refractivity contribution in [2.75, 3.05) is 13.1 Å². The van der Waals surface area contributed by atoms with Crippen LogP contribution in [0.3, 0.4) is 0 Å². The molecule has 1 aromatic carbocycles. The van der Waals surface area contributed by atoms with Crippen LogP contribution in [0.5, 0.6) is 0 Å². The van der Waals surface area contributed by atoms with Gasteiger partial charge in [-0.05, 0) is 62.0 Å². The highest BCUT2D eigenvalue weighted by Crippen LogP contribution is 2.35. The number of hydrogen-bond donors (Lipinski definition) is 2. The molecule has 2 aromatic heterocycles. The predicted octanol–water partition coefficient (Wildman–Crippen LogP) is 6.79. The molecular formula is C33H44N4O2S. The number of carbonyl (C=O) groups is 2. The van der Waals surface area contributed by atoms with Gasteiger partial charge in [-0.1, -0.05) is 57.4 Å². The van der Waals surface area contributed by atoms with E-state index in [1.165, 1.54) is 32.1 Å². The van der Waals surface area contributed by atoms with Crippen molar-refractivity contribution < 1.29 is 9.59 Å². The minimum Gasteiger partial charge on any atom is -0.353 e. The molecule has 1 aliphatic carbocycles. The van der Waals surface area contributed by atoms with Gasteiger partial charge in [-0.3, -0.25) is 14.5 Å². The molecule has 3 aromatic rings. The Labute approximate surface area is 242 Å². The van der Waals surface area contributed by atoms with Crippen molar-refractivity contribution in [1.29, 1.82) is 0 Å². The van der Waals surface area contributed by atoms with Crippen molar-refractivity contribution in [2.24, 2.45) is 11.8 Å². The monoisotopic (exact) mass is 560 g/mol. The van der Waals surface area contributed by atoms with E-state index in [0.29, 0.717) is 24.8 Å². The van der Waals surface area contributed by atoms with E-state index in [0.717, 1.165) is 58.5 Å². The summed E-state index contributed by atoms with van der Waals surface area (Å²) < 4.78 is 0. The molecule has 0 spiro atoms. The number of piperidine rings is 1. The van der Waals surface area contributed by atoms with E-state index in [-0.39, 0.29) is 23.9 Å². The van der Waals surface area contributed by atoms with Crippen LogP contribution in [-0.4, -0.2) is 46.9 Å². The molecule has 2 aliphatic rings. The number of carbonyl (C=O) groups excluding carboxylic acids is 2. The highest BCUT2D eigenvalue weighted by atomic mass is 32.1. The van der Waals surface area contributed by atoms with E-state index in [1.807, 2.05) is 24.3 Å². The van der Waals surface area contributed by atoms with Crippen molar-refractivity contribution in [3.8, 4) is 10.6 Å². The van der Waals surface area contributed by atoms with E-state index in [2.05, 4.69) is 53.8 Å². The number of para-hydroxylation sites is 1. The van der Waals surface area contributed by atoms with Gasteiger partial charge in [-0.2, -0.15) is 0 Å². The van der Waals surface area contributed by atoms with Crippen molar-refractivity contribution in [3.05, 3.63) is 52.9 Å². The van der Waals surface area contributed by atoms with Gasteiger partial charge in [0.15, 0.2) is 0 Å². The van der Waals surface area contributed by atoms with Gasteiger partial charge in [-0.25, -0.2) is 4.98 Å². The van der Waals surface area contributed by atoms with Crippen LogP contribution in [0.25, 0.3) is 21.5 Å². The fourth-order valence-corrected chi connectivity index (χ4v) is 7.17. The second-order valence-corrected chi connectivity index (χ2v) is 13.1. The van der Waals surface area contributed by atoms with Gasteiger partial charge in [0.2, 0.25) is 5.91 Å². The van der Waals surface area contributed by atoms with Crippen LogP contribution in [0.4, 0.5) is 0 Å². The molecule has 1 aliphatic heterocycles. The molecule has 2 amide bonds. The maximum atomic E-state index is 14.2. The fourth-order valence-electron chi connectivity index (χ4n) is 6.43. The number of nitrogens with zero attached hydrogens (tertiary/aromatic N) is 2. The molecular weight excluding hydrogens is 516 g/mol. The molecule has 2 N–H and O–H groups in total. The zero-order chi connectivity index (χ0) is 28.1. The van der Waals surface area contributed by atoms with Gasteiger partial charge in [0.1, 0.15) is 0 Å². The number of pyridine rings is 1. The van der Waals surface area contributed by atoms with Crippen LogP contribution < -0.4 is 10.6 Å². The molecule has 214 valence electrons. The first-order valence-electron chi connectivity index (χ1n) is 15.2. The lowest BCUT2D eigenvalue weighted by atomic mass is 9.84. The Kier molecular flexibility index (Phi) is 9.53. The third kappa shape index (κ3) is 6.92. The van der Waals surface area contributed by atoms with E-state index in [1.54, 1.807) is 11.3 Å². The molecule has 1 saturated heterocycles. The van der Waals surface area contributed by atoms with E-state index in [9.17, 15) is 9.59 Å². The molecule has 5 rings (SSSR count). The second-order valence-electron chi connectivity index (χ2n) is 12.2. The first kappa shape index (κ1) is 28.7. The van der Waals surface area contributed by atoms with Crippen molar-refractivity contribution in [3.63, 3.8) is 0 Å². The molecule has 0 radical (unpaired) electrons. The summed E-state index contributed by atoms with van der Waals surface area (Å²) >= 11 is 1.67. The molecule has 1 saturated carbocycles. The number of benzene rings is 1. The summed E-state index contributed by atoms with van der Waals surface area (Å²) in [5, 5.41) is 9.65. The Bertz CT molecular complexity index is 1290. The standard InChI is InChI=1S/C33H44N4O2S/c1-22(2)20-30(38)35-25-15-17-37(18-16-25)21-27-31(33(39)34-23(3)24-10-5-4-6-11-24)26-12-7-8-13-28(26)36-32(27)29-14-9-19-40-29/h7-9,12-14,19,22-25H,4-6,10-11,15-18,20-21H2,1-3H3,(H,34,39)(H,35,38)/t23-/m0/s1. The Morgan fingerprint density at radius 2 is 1.75 bits per heavy atom. The zero-order valence-electron chi connectivity index (χ0n) is 24.2. The smallest absolute Gasteiger partial charge is 0.252 e. The predicted molar refractivity (Wildman–Crippen MR) is 164 cm³/mol. The first-order chi connectivity index (χ1) is 19.4. The van der Waals surface area contributed by atoms with Crippen LogP contribution in [-0.2, 0) is 11.3 Å². The lowest BCUT2D eigenvalue weighted by Gasteiger charge is -2.33. The second kappa shape index (κ2) is 13.3. The minimum atomic E-state index is 0.0142. The molecule has 2 fully saturated rings. The summed E-state index contributed by atoms with van der Waals surface area (Å²) in [6.45, 7) is 8.75. The number of thiophene rings is 1. The van der Waals surface area contributed by atoms with E-state index in [4.69, 9.17) is 4.98 Å². The van der Waals surface area contributed by atoms with Gasteiger partial charge in [-0.15, -0.1) is 11.3 Å². The molecule has 1 atom stereocenters. The maximum absolute atomic E-state index is 14.2. The SMILES string of the molecule is CC(C)CC(=O)NC1CCN(Cc2c(-c3cccs3)nc3ccccc3c2C(=O)N[C@@H](C)C2CCCCC2)CC1. The van der Waals surface area contributed by atoms with E-state index >= 15 is 0 Å².